The molecule has 0 atom stereocenters. The Morgan fingerprint density at radius 3 is 2.52 bits per heavy atom. The van der Waals surface area contributed by atoms with Gasteiger partial charge in [-0.05, 0) is 48.9 Å². The molecule has 146 valence electrons. The van der Waals surface area contributed by atoms with Crippen molar-refractivity contribution in [3.8, 4) is 0 Å². The summed E-state index contributed by atoms with van der Waals surface area (Å²) in [4.78, 5) is 17.1. The van der Waals surface area contributed by atoms with Crippen LogP contribution in [0.25, 0.3) is 11.0 Å². The van der Waals surface area contributed by atoms with Gasteiger partial charge in [-0.25, -0.2) is 4.98 Å². The first-order valence-electron chi connectivity index (χ1n) is 9.27. The zero-order valence-electron chi connectivity index (χ0n) is 15.9. The molecule has 0 radical (unpaired) electrons. The Morgan fingerprint density at radius 2 is 1.76 bits per heavy atom. The van der Waals surface area contributed by atoms with E-state index in [1.807, 2.05) is 73.7 Å². The molecule has 0 aliphatic carbocycles. The van der Waals surface area contributed by atoms with E-state index in [0.29, 0.717) is 11.6 Å². The second-order valence-electron chi connectivity index (χ2n) is 6.80. The number of fused-ring (bicyclic) bond motifs is 1. The maximum absolute atomic E-state index is 12.4. The molecule has 0 saturated carbocycles. The standard InChI is InChI=1S/C23H20ClN3OS/c1-16-6-12-19(13-7-16)25-22(28)15-29-23-26-20-4-2-3-5-21(20)27(23)14-17-8-10-18(24)11-9-17/h2-13H,14-15H2,1H3,(H,25,28). The number of nitrogens with zero attached hydrogens (tertiary/aromatic N) is 2. The third kappa shape index (κ3) is 4.81. The first-order valence-corrected chi connectivity index (χ1v) is 10.6. The Hall–Kier alpha value is -2.76. The fourth-order valence-electron chi connectivity index (χ4n) is 3.05. The van der Waals surface area contributed by atoms with Crippen LogP contribution in [0.1, 0.15) is 11.1 Å². The van der Waals surface area contributed by atoms with Gasteiger partial charge in [0.1, 0.15) is 0 Å². The maximum Gasteiger partial charge on any atom is 0.234 e. The second kappa shape index (κ2) is 8.72. The van der Waals surface area contributed by atoms with E-state index in [1.54, 1.807) is 0 Å². The molecule has 1 N–H and O–H groups in total. The van der Waals surface area contributed by atoms with Crippen LogP contribution in [0.2, 0.25) is 5.02 Å². The summed E-state index contributed by atoms with van der Waals surface area (Å²) in [6.07, 6.45) is 0. The van der Waals surface area contributed by atoms with Crippen LogP contribution in [0.3, 0.4) is 0 Å². The van der Waals surface area contributed by atoms with Gasteiger partial charge in [-0.1, -0.05) is 65.3 Å². The molecule has 6 heteroatoms. The normalized spacial score (nSPS) is 11.0. The average molecular weight is 422 g/mol. The monoisotopic (exact) mass is 421 g/mol. The molecule has 1 aromatic heterocycles. The Kier molecular flexibility index (Phi) is 5.88. The van der Waals surface area contributed by atoms with Gasteiger partial charge in [0.25, 0.3) is 0 Å². The van der Waals surface area contributed by atoms with E-state index < -0.39 is 0 Å². The van der Waals surface area contributed by atoms with Crippen molar-refractivity contribution in [3.05, 3.63) is 88.9 Å². The summed E-state index contributed by atoms with van der Waals surface area (Å²) in [6, 6.07) is 23.6. The fourth-order valence-corrected chi connectivity index (χ4v) is 3.99. The van der Waals surface area contributed by atoms with E-state index in [1.165, 1.54) is 11.8 Å². The molecule has 0 aliphatic heterocycles. The van der Waals surface area contributed by atoms with Gasteiger partial charge in [0.2, 0.25) is 5.91 Å². The second-order valence-corrected chi connectivity index (χ2v) is 8.18. The molecule has 0 bridgehead atoms. The lowest BCUT2D eigenvalue weighted by Crippen LogP contribution is -2.14. The molecule has 0 unspecified atom stereocenters. The van der Waals surface area contributed by atoms with E-state index in [-0.39, 0.29) is 11.7 Å². The number of aromatic nitrogens is 2. The third-order valence-corrected chi connectivity index (χ3v) is 5.77. The number of imidazole rings is 1. The SMILES string of the molecule is Cc1ccc(NC(=O)CSc2nc3ccccc3n2Cc2ccc(Cl)cc2)cc1. The van der Waals surface area contributed by atoms with Gasteiger partial charge >= 0.3 is 0 Å². The summed E-state index contributed by atoms with van der Waals surface area (Å²) in [5.41, 5.74) is 5.06. The summed E-state index contributed by atoms with van der Waals surface area (Å²) in [5, 5.41) is 4.47. The van der Waals surface area contributed by atoms with Crippen molar-refractivity contribution in [2.24, 2.45) is 0 Å². The van der Waals surface area contributed by atoms with Crippen LogP contribution < -0.4 is 5.32 Å². The summed E-state index contributed by atoms with van der Waals surface area (Å²) >= 11 is 7.45. The van der Waals surface area contributed by atoms with Crippen LogP contribution in [-0.2, 0) is 11.3 Å². The molecule has 4 nitrogen and oxygen atoms in total. The first kappa shape index (κ1) is 19.6. The van der Waals surface area contributed by atoms with Crippen LogP contribution >= 0.6 is 23.4 Å². The van der Waals surface area contributed by atoms with Gasteiger partial charge in [0, 0.05) is 10.7 Å². The number of hydrogen-bond donors (Lipinski definition) is 1. The first-order chi connectivity index (χ1) is 14.1. The largest absolute Gasteiger partial charge is 0.325 e. The van der Waals surface area contributed by atoms with E-state index in [0.717, 1.165) is 33.0 Å². The molecular weight excluding hydrogens is 402 g/mol. The number of halogens is 1. The number of amides is 1. The summed E-state index contributed by atoms with van der Waals surface area (Å²) < 4.78 is 2.14. The molecule has 0 fully saturated rings. The summed E-state index contributed by atoms with van der Waals surface area (Å²) in [5.74, 6) is 0.238. The molecule has 0 spiro atoms. The third-order valence-electron chi connectivity index (χ3n) is 4.54. The molecule has 3 aromatic carbocycles. The Labute approximate surface area is 178 Å². The van der Waals surface area contributed by atoms with Gasteiger partial charge in [-0.15, -0.1) is 0 Å². The average Bonchev–Trinajstić information content (AvgIpc) is 3.07. The number of aryl methyl sites for hydroxylation is 1. The minimum atomic E-state index is -0.0519. The lowest BCUT2D eigenvalue weighted by Gasteiger charge is -2.10. The highest BCUT2D eigenvalue weighted by Gasteiger charge is 2.13. The molecule has 1 amide bonds. The predicted octanol–water partition coefficient (Wildman–Crippen LogP) is 5.78. The molecular formula is C23H20ClN3OS. The van der Waals surface area contributed by atoms with Gasteiger partial charge in [-0.3, -0.25) is 4.79 Å². The van der Waals surface area contributed by atoms with Crippen molar-refractivity contribution < 1.29 is 4.79 Å². The van der Waals surface area contributed by atoms with Crippen LogP contribution in [0, 0.1) is 6.92 Å². The van der Waals surface area contributed by atoms with E-state index in [4.69, 9.17) is 16.6 Å². The molecule has 0 aliphatic rings. The van der Waals surface area contributed by atoms with Gasteiger partial charge in [-0.2, -0.15) is 0 Å². The summed E-state index contributed by atoms with van der Waals surface area (Å²) in [6.45, 7) is 2.69. The zero-order valence-corrected chi connectivity index (χ0v) is 17.5. The van der Waals surface area contributed by atoms with Crippen molar-refractivity contribution in [1.82, 2.24) is 9.55 Å². The molecule has 4 rings (SSSR count). The number of thioether (sulfide) groups is 1. The number of rotatable bonds is 6. The Balaban J connectivity index is 1.52. The van der Waals surface area contributed by atoms with Gasteiger partial charge < -0.3 is 9.88 Å². The number of hydrogen-bond acceptors (Lipinski definition) is 3. The fraction of sp³-hybridized carbons (Fsp3) is 0.130. The van der Waals surface area contributed by atoms with Crippen molar-refractivity contribution in [2.45, 2.75) is 18.6 Å². The maximum atomic E-state index is 12.4. The minimum Gasteiger partial charge on any atom is -0.325 e. The zero-order chi connectivity index (χ0) is 20.2. The number of anilines is 1. The number of nitrogens with one attached hydrogen (secondary N) is 1. The smallest absolute Gasteiger partial charge is 0.234 e. The van der Waals surface area contributed by atoms with E-state index in [2.05, 4.69) is 16.0 Å². The highest BCUT2D eigenvalue weighted by atomic mass is 35.5. The number of para-hydroxylation sites is 2. The minimum absolute atomic E-state index is 0.0519. The van der Waals surface area contributed by atoms with Crippen LogP contribution in [0.15, 0.2) is 78.0 Å². The number of benzene rings is 3. The summed E-state index contributed by atoms with van der Waals surface area (Å²) in [7, 11) is 0. The van der Waals surface area contributed by atoms with Gasteiger partial charge in [0.15, 0.2) is 5.16 Å². The lowest BCUT2D eigenvalue weighted by molar-refractivity contribution is -0.113. The Bertz CT molecular complexity index is 1140. The predicted molar refractivity (Wildman–Crippen MR) is 121 cm³/mol. The highest BCUT2D eigenvalue weighted by molar-refractivity contribution is 7.99. The molecule has 1 heterocycles. The Morgan fingerprint density at radius 1 is 1.03 bits per heavy atom. The van der Waals surface area contributed by atoms with Crippen LogP contribution in [0.4, 0.5) is 5.69 Å². The quantitative estimate of drug-likeness (QED) is 0.401. The number of carbonyl (C=O) groups excluding carboxylic acids is 1. The topological polar surface area (TPSA) is 46.9 Å². The highest BCUT2D eigenvalue weighted by Crippen LogP contribution is 2.26. The van der Waals surface area contributed by atoms with Crippen molar-refractivity contribution in [2.75, 3.05) is 11.1 Å². The lowest BCUT2D eigenvalue weighted by atomic mass is 10.2. The van der Waals surface area contributed by atoms with Gasteiger partial charge in [0.05, 0.1) is 23.3 Å². The molecule has 0 saturated heterocycles. The van der Waals surface area contributed by atoms with Crippen LogP contribution in [-0.4, -0.2) is 21.2 Å². The molecule has 29 heavy (non-hydrogen) atoms. The van der Waals surface area contributed by atoms with Crippen molar-refractivity contribution in [3.63, 3.8) is 0 Å². The van der Waals surface area contributed by atoms with E-state index in [9.17, 15) is 4.79 Å². The van der Waals surface area contributed by atoms with Crippen molar-refractivity contribution >= 4 is 46.0 Å². The number of carbonyl (C=O) groups is 1. The van der Waals surface area contributed by atoms with E-state index >= 15 is 0 Å². The van der Waals surface area contributed by atoms with Crippen molar-refractivity contribution in [1.29, 1.82) is 0 Å². The van der Waals surface area contributed by atoms with Crippen LogP contribution in [0.5, 0.6) is 0 Å². The molecule has 4 aromatic rings.